The number of aromatic nitrogens is 1. The van der Waals surface area contributed by atoms with Gasteiger partial charge in [-0.2, -0.15) is 0 Å². The van der Waals surface area contributed by atoms with Crippen LogP contribution in [-0.4, -0.2) is 39.6 Å². The molecule has 0 aliphatic carbocycles. The van der Waals surface area contributed by atoms with Crippen LogP contribution < -0.4 is 5.32 Å². The van der Waals surface area contributed by atoms with E-state index in [1.807, 2.05) is 66.7 Å². The van der Waals surface area contributed by atoms with Gasteiger partial charge >= 0.3 is 0 Å². The van der Waals surface area contributed by atoms with Gasteiger partial charge in [-0.15, -0.1) is 0 Å². The van der Waals surface area contributed by atoms with Gasteiger partial charge in [0.1, 0.15) is 11.6 Å². The zero-order valence-electron chi connectivity index (χ0n) is 20.0. The van der Waals surface area contributed by atoms with Crippen LogP contribution in [0, 0.1) is 0 Å². The lowest BCUT2D eigenvalue weighted by molar-refractivity contribution is -0.140. The van der Waals surface area contributed by atoms with Crippen molar-refractivity contribution in [2.45, 2.75) is 44.8 Å². The molecule has 0 saturated carbocycles. The third-order valence-corrected chi connectivity index (χ3v) is 6.66. The van der Waals surface area contributed by atoms with Crippen molar-refractivity contribution in [3.63, 3.8) is 0 Å². The monoisotopic (exact) mass is 481 g/mol. The van der Waals surface area contributed by atoms with Crippen LogP contribution in [0.2, 0.25) is 0 Å². The van der Waals surface area contributed by atoms with Gasteiger partial charge in [0, 0.05) is 19.9 Å². The Hall–Kier alpha value is -4.26. The number of para-hydroxylation sites is 2. The first-order valence-electron chi connectivity index (χ1n) is 12.1. The van der Waals surface area contributed by atoms with Crippen molar-refractivity contribution < 1.29 is 18.8 Å². The predicted molar refractivity (Wildman–Crippen MR) is 135 cm³/mol. The molecule has 1 N–H and O–H groups in total. The van der Waals surface area contributed by atoms with Crippen LogP contribution in [0.4, 0.5) is 0 Å². The van der Waals surface area contributed by atoms with Gasteiger partial charge in [-0.25, -0.2) is 4.98 Å². The fourth-order valence-electron chi connectivity index (χ4n) is 4.71. The smallest absolute Gasteiger partial charge is 0.266 e. The third kappa shape index (κ3) is 4.91. The van der Waals surface area contributed by atoms with Crippen molar-refractivity contribution in [1.29, 1.82) is 0 Å². The van der Waals surface area contributed by atoms with Crippen molar-refractivity contribution >= 4 is 28.7 Å². The summed E-state index contributed by atoms with van der Waals surface area (Å²) in [6.45, 7) is 1.82. The molecule has 7 nitrogen and oxygen atoms in total. The second-order valence-electron chi connectivity index (χ2n) is 9.07. The number of amides is 2. The summed E-state index contributed by atoms with van der Waals surface area (Å²) in [5.41, 5.74) is 4.21. The van der Waals surface area contributed by atoms with E-state index in [-0.39, 0.29) is 23.5 Å². The molecular weight excluding hydrogens is 454 g/mol. The first kappa shape index (κ1) is 23.5. The molecule has 2 heterocycles. The van der Waals surface area contributed by atoms with E-state index in [9.17, 15) is 14.4 Å². The molecule has 0 fully saturated rings. The van der Waals surface area contributed by atoms with E-state index >= 15 is 0 Å². The molecule has 0 spiro atoms. The second kappa shape index (κ2) is 10.2. The van der Waals surface area contributed by atoms with Crippen LogP contribution in [0.1, 0.15) is 40.7 Å². The van der Waals surface area contributed by atoms with Crippen LogP contribution in [0.25, 0.3) is 11.1 Å². The van der Waals surface area contributed by atoms with Gasteiger partial charge in [0.15, 0.2) is 5.58 Å². The molecule has 4 aromatic rings. The SMILES string of the molecule is CC(=O)N1Cc2ccccc2C[C@H]1C(=O)N[C@@H](CCc1ccccc1)C(=O)c1nc2ccccc2o1. The van der Waals surface area contributed by atoms with Crippen LogP contribution >= 0.6 is 0 Å². The number of rotatable bonds is 7. The molecule has 5 rings (SSSR count). The number of carbonyl (C=O) groups is 3. The fraction of sp³-hybridized carbons (Fsp3) is 0.241. The van der Waals surface area contributed by atoms with Crippen LogP contribution in [0.5, 0.6) is 0 Å². The molecule has 1 aromatic heterocycles. The first-order valence-corrected chi connectivity index (χ1v) is 12.1. The summed E-state index contributed by atoms with van der Waals surface area (Å²) in [6.07, 6.45) is 1.35. The highest BCUT2D eigenvalue weighted by Gasteiger charge is 2.35. The van der Waals surface area contributed by atoms with E-state index in [2.05, 4.69) is 10.3 Å². The summed E-state index contributed by atoms with van der Waals surface area (Å²) in [7, 11) is 0. The van der Waals surface area contributed by atoms with Gasteiger partial charge in [-0.3, -0.25) is 14.4 Å². The molecule has 2 atom stereocenters. The van der Waals surface area contributed by atoms with E-state index in [1.165, 1.54) is 6.92 Å². The standard InChI is InChI=1S/C29H27N3O4/c1-19(33)32-18-22-12-6-5-11-21(22)17-25(32)28(35)30-24(16-15-20-9-3-2-4-10-20)27(34)29-31-23-13-7-8-14-26(23)36-29/h2-14,24-25H,15-18H2,1H3,(H,30,35)/t24-,25-/m0/s1. The summed E-state index contributed by atoms with van der Waals surface area (Å²) < 4.78 is 5.72. The average molecular weight is 482 g/mol. The Labute approximate surface area is 209 Å². The number of hydrogen-bond donors (Lipinski definition) is 1. The number of benzene rings is 3. The minimum absolute atomic E-state index is 0.0352. The number of fused-ring (bicyclic) bond motifs is 2. The molecule has 0 radical (unpaired) electrons. The summed E-state index contributed by atoms with van der Waals surface area (Å²) in [6, 6.07) is 23.2. The molecule has 7 heteroatoms. The second-order valence-corrected chi connectivity index (χ2v) is 9.07. The Morgan fingerprint density at radius 1 is 0.972 bits per heavy atom. The largest absolute Gasteiger partial charge is 0.434 e. The Balaban J connectivity index is 1.40. The zero-order valence-corrected chi connectivity index (χ0v) is 20.0. The summed E-state index contributed by atoms with van der Waals surface area (Å²) in [4.78, 5) is 45.4. The van der Waals surface area contributed by atoms with E-state index in [0.29, 0.717) is 36.9 Å². The summed E-state index contributed by atoms with van der Waals surface area (Å²) in [5.74, 6) is -0.967. The van der Waals surface area contributed by atoms with Crippen molar-refractivity contribution in [1.82, 2.24) is 15.2 Å². The van der Waals surface area contributed by atoms with Gasteiger partial charge in [-0.1, -0.05) is 66.7 Å². The number of aryl methyl sites for hydroxylation is 1. The highest BCUT2D eigenvalue weighted by Crippen LogP contribution is 2.24. The van der Waals surface area contributed by atoms with Gasteiger partial charge < -0.3 is 14.6 Å². The van der Waals surface area contributed by atoms with E-state index in [1.54, 1.807) is 17.0 Å². The van der Waals surface area contributed by atoms with Gasteiger partial charge in [-0.05, 0) is 41.7 Å². The zero-order chi connectivity index (χ0) is 25.1. The number of carbonyl (C=O) groups excluding carboxylic acids is 3. The Kier molecular flexibility index (Phi) is 6.62. The van der Waals surface area contributed by atoms with Crippen LogP contribution in [0.15, 0.2) is 83.3 Å². The van der Waals surface area contributed by atoms with Crippen molar-refractivity contribution in [2.24, 2.45) is 0 Å². The minimum Gasteiger partial charge on any atom is -0.434 e. The van der Waals surface area contributed by atoms with E-state index < -0.39 is 12.1 Å². The Morgan fingerprint density at radius 3 is 2.42 bits per heavy atom. The molecular formula is C29H27N3O4. The number of nitrogens with zero attached hydrogens (tertiary/aromatic N) is 2. The lowest BCUT2D eigenvalue weighted by atomic mass is 9.93. The lowest BCUT2D eigenvalue weighted by Crippen LogP contribution is -2.55. The summed E-state index contributed by atoms with van der Waals surface area (Å²) in [5, 5.41) is 2.93. The van der Waals surface area contributed by atoms with Crippen molar-refractivity contribution in [3.8, 4) is 0 Å². The maximum atomic E-state index is 13.5. The lowest BCUT2D eigenvalue weighted by Gasteiger charge is -2.36. The topological polar surface area (TPSA) is 92.5 Å². The highest BCUT2D eigenvalue weighted by atomic mass is 16.4. The number of oxazole rings is 1. The molecule has 2 amide bonds. The Morgan fingerprint density at radius 2 is 1.67 bits per heavy atom. The molecule has 0 saturated heterocycles. The van der Waals surface area contributed by atoms with Crippen molar-refractivity contribution in [2.75, 3.05) is 0 Å². The molecule has 1 aliphatic heterocycles. The normalized spacial score (nSPS) is 15.8. The molecule has 36 heavy (non-hydrogen) atoms. The number of nitrogens with one attached hydrogen (secondary N) is 1. The molecule has 1 aliphatic rings. The van der Waals surface area contributed by atoms with E-state index in [4.69, 9.17) is 4.42 Å². The van der Waals surface area contributed by atoms with Gasteiger partial charge in [0.05, 0.1) is 6.04 Å². The first-order chi connectivity index (χ1) is 17.5. The molecule has 0 bridgehead atoms. The number of hydrogen-bond acceptors (Lipinski definition) is 5. The Bertz CT molecular complexity index is 1380. The third-order valence-electron chi connectivity index (χ3n) is 6.66. The van der Waals surface area contributed by atoms with Crippen molar-refractivity contribution in [3.05, 3.63) is 101 Å². The minimum atomic E-state index is -0.850. The predicted octanol–water partition coefficient (Wildman–Crippen LogP) is 4.10. The molecule has 0 unspecified atom stereocenters. The quantitative estimate of drug-likeness (QED) is 0.401. The van der Waals surface area contributed by atoms with Gasteiger partial charge in [0.25, 0.3) is 5.89 Å². The van der Waals surface area contributed by atoms with Gasteiger partial charge in [0.2, 0.25) is 17.6 Å². The maximum absolute atomic E-state index is 13.5. The number of ketones is 1. The summed E-state index contributed by atoms with van der Waals surface area (Å²) >= 11 is 0. The fourth-order valence-corrected chi connectivity index (χ4v) is 4.71. The number of Topliss-reactive ketones (excluding diaryl/α,β-unsaturated/α-hetero) is 1. The average Bonchev–Trinajstić information content (AvgIpc) is 3.34. The molecule has 182 valence electrons. The van der Waals surface area contributed by atoms with Crippen LogP contribution in [-0.2, 0) is 29.0 Å². The van der Waals surface area contributed by atoms with E-state index in [0.717, 1.165) is 16.7 Å². The molecule has 3 aromatic carbocycles. The highest BCUT2D eigenvalue weighted by molar-refractivity contribution is 6.01. The van der Waals surface area contributed by atoms with Crippen LogP contribution in [0.3, 0.4) is 0 Å². The maximum Gasteiger partial charge on any atom is 0.266 e.